The molecule has 0 unspecified atom stereocenters. The van der Waals surface area contributed by atoms with Gasteiger partial charge in [-0.3, -0.25) is 4.98 Å². The van der Waals surface area contributed by atoms with Crippen LogP contribution in [0.5, 0.6) is 0 Å². The first-order valence-electron chi connectivity index (χ1n) is 9.50. The third kappa shape index (κ3) is 4.16. The maximum atomic E-state index is 13.3. The number of aromatic nitrogens is 1. The van der Waals surface area contributed by atoms with Crippen LogP contribution in [0.4, 0.5) is 4.39 Å². The molecule has 0 bridgehead atoms. The normalized spacial score (nSPS) is 18.8. The minimum atomic E-state index is -0.273. The number of ether oxygens (including phenoxy) is 1. The third-order valence-corrected chi connectivity index (χ3v) is 5.34. The highest BCUT2D eigenvalue weighted by atomic mass is 32.1. The van der Waals surface area contributed by atoms with Gasteiger partial charge in [0.1, 0.15) is 23.4 Å². The van der Waals surface area contributed by atoms with Crippen LogP contribution in [0.3, 0.4) is 0 Å². The molecule has 4 rings (SSSR count). The van der Waals surface area contributed by atoms with Gasteiger partial charge in [-0.05, 0) is 67.2 Å². The fourth-order valence-corrected chi connectivity index (χ4v) is 3.95. The van der Waals surface area contributed by atoms with Crippen molar-refractivity contribution in [3.8, 4) is 11.3 Å². The van der Waals surface area contributed by atoms with Crippen molar-refractivity contribution < 1.29 is 13.5 Å². The van der Waals surface area contributed by atoms with Crippen molar-refractivity contribution in [2.24, 2.45) is 0 Å². The Hall–Kier alpha value is -2.77. The highest BCUT2D eigenvalue weighted by Gasteiger charge is 2.41. The van der Waals surface area contributed by atoms with Gasteiger partial charge in [-0.25, -0.2) is 4.39 Å². The van der Waals surface area contributed by atoms with Crippen LogP contribution in [-0.2, 0) is 4.74 Å². The summed E-state index contributed by atoms with van der Waals surface area (Å²) in [5.74, 6) is 1.20. The molecular formula is C22H22FN3O2S. The molecule has 0 aliphatic carbocycles. The first kappa shape index (κ1) is 19.5. The molecule has 3 aromatic rings. The SMILES string of the molecule is COCCCN1C(=S)N[C@H](c2ccccn2)[C@H]1c1ccc(-c2ccc(F)cc2)o1. The van der Waals surface area contributed by atoms with E-state index in [1.165, 1.54) is 12.1 Å². The number of hydrogen-bond donors (Lipinski definition) is 1. The van der Waals surface area contributed by atoms with E-state index in [-0.39, 0.29) is 17.9 Å². The van der Waals surface area contributed by atoms with Crippen molar-refractivity contribution in [2.45, 2.75) is 18.5 Å². The van der Waals surface area contributed by atoms with Crippen LogP contribution in [0.15, 0.2) is 65.2 Å². The van der Waals surface area contributed by atoms with Gasteiger partial charge < -0.3 is 19.4 Å². The maximum Gasteiger partial charge on any atom is 0.170 e. The Labute approximate surface area is 174 Å². The van der Waals surface area contributed by atoms with Gasteiger partial charge >= 0.3 is 0 Å². The van der Waals surface area contributed by atoms with Crippen LogP contribution in [0, 0.1) is 5.82 Å². The first-order chi connectivity index (χ1) is 14.2. The van der Waals surface area contributed by atoms with Gasteiger partial charge in [0.2, 0.25) is 0 Å². The van der Waals surface area contributed by atoms with E-state index in [0.29, 0.717) is 17.5 Å². The number of benzene rings is 1. The number of furan rings is 1. The fraction of sp³-hybridized carbons (Fsp3) is 0.273. The Kier molecular flexibility index (Phi) is 5.87. The topological polar surface area (TPSA) is 50.5 Å². The number of nitrogens with one attached hydrogen (secondary N) is 1. The summed E-state index contributed by atoms with van der Waals surface area (Å²) in [6.45, 7) is 1.39. The molecule has 0 amide bonds. The summed E-state index contributed by atoms with van der Waals surface area (Å²) in [7, 11) is 1.69. The van der Waals surface area contributed by atoms with Crippen LogP contribution in [-0.4, -0.2) is 35.3 Å². The molecule has 2 aromatic heterocycles. The zero-order chi connectivity index (χ0) is 20.2. The molecular weight excluding hydrogens is 389 g/mol. The summed E-state index contributed by atoms with van der Waals surface area (Å²) in [4.78, 5) is 6.65. The van der Waals surface area contributed by atoms with Crippen LogP contribution in [0.1, 0.15) is 30.0 Å². The van der Waals surface area contributed by atoms with Crippen molar-refractivity contribution in [1.82, 2.24) is 15.2 Å². The van der Waals surface area contributed by atoms with E-state index in [1.807, 2.05) is 30.3 Å². The Balaban J connectivity index is 1.67. The van der Waals surface area contributed by atoms with Gasteiger partial charge in [-0.15, -0.1) is 0 Å². The van der Waals surface area contributed by atoms with Gasteiger partial charge in [0.15, 0.2) is 5.11 Å². The second-order valence-corrected chi connectivity index (χ2v) is 7.26. The fourth-order valence-electron chi connectivity index (χ4n) is 3.62. The lowest BCUT2D eigenvalue weighted by atomic mass is 10.0. The van der Waals surface area contributed by atoms with E-state index in [0.717, 1.165) is 30.0 Å². The number of pyridine rings is 1. The Morgan fingerprint density at radius 2 is 2.00 bits per heavy atom. The van der Waals surface area contributed by atoms with Crippen LogP contribution in [0.2, 0.25) is 0 Å². The standard InChI is InChI=1S/C22H22FN3O2S/c1-27-14-4-13-26-21(20(25-22(26)29)17-5-2-3-12-24-17)19-11-10-18(28-19)15-6-8-16(23)9-7-15/h2-3,5-12,20-21H,4,13-14H2,1H3,(H,25,29)/t20-,21-/m1/s1. The smallest absolute Gasteiger partial charge is 0.170 e. The van der Waals surface area contributed by atoms with Gasteiger partial charge in [0.05, 0.1) is 11.7 Å². The van der Waals surface area contributed by atoms with Crippen molar-refractivity contribution >= 4 is 17.3 Å². The van der Waals surface area contributed by atoms with E-state index in [9.17, 15) is 4.39 Å². The molecule has 1 aromatic carbocycles. The zero-order valence-corrected chi connectivity index (χ0v) is 16.9. The van der Waals surface area contributed by atoms with Crippen molar-refractivity contribution in [3.63, 3.8) is 0 Å². The third-order valence-electron chi connectivity index (χ3n) is 4.99. The highest BCUT2D eigenvalue weighted by molar-refractivity contribution is 7.80. The van der Waals surface area contributed by atoms with Gasteiger partial charge in [-0.1, -0.05) is 6.07 Å². The zero-order valence-electron chi connectivity index (χ0n) is 16.0. The maximum absolute atomic E-state index is 13.3. The van der Waals surface area contributed by atoms with E-state index in [1.54, 1.807) is 25.4 Å². The van der Waals surface area contributed by atoms with E-state index in [4.69, 9.17) is 21.4 Å². The molecule has 3 heterocycles. The van der Waals surface area contributed by atoms with Crippen LogP contribution < -0.4 is 5.32 Å². The van der Waals surface area contributed by atoms with Crippen LogP contribution in [0.25, 0.3) is 11.3 Å². The molecule has 7 heteroatoms. The molecule has 1 fully saturated rings. The van der Waals surface area contributed by atoms with E-state index in [2.05, 4.69) is 15.2 Å². The van der Waals surface area contributed by atoms with Crippen molar-refractivity contribution in [1.29, 1.82) is 0 Å². The van der Waals surface area contributed by atoms with E-state index < -0.39 is 0 Å². The number of hydrogen-bond acceptors (Lipinski definition) is 4. The minimum Gasteiger partial charge on any atom is -0.459 e. The van der Waals surface area contributed by atoms with Crippen molar-refractivity contribution in [2.75, 3.05) is 20.3 Å². The quantitative estimate of drug-likeness (QED) is 0.457. The van der Waals surface area contributed by atoms with Gasteiger partial charge in [0.25, 0.3) is 0 Å². The number of nitrogens with zero attached hydrogens (tertiary/aromatic N) is 2. The molecule has 150 valence electrons. The molecule has 1 aliphatic heterocycles. The summed E-state index contributed by atoms with van der Waals surface area (Å²) in [6.07, 6.45) is 2.62. The Morgan fingerprint density at radius 3 is 2.72 bits per heavy atom. The summed E-state index contributed by atoms with van der Waals surface area (Å²) < 4.78 is 24.7. The van der Waals surface area contributed by atoms with E-state index >= 15 is 0 Å². The molecule has 5 nitrogen and oxygen atoms in total. The molecule has 1 aliphatic rings. The molecule has 0 spiro atoms. The van der Waals surface area contributed by atoms with Crippen molar-refractivity contribution in [3.05, 3.63) is 78.1 Å². The number of halogens is 1. The molecule has 1 N–H and O–H groups in total. The number of rotatable bonds is 7. The van der Waals surface area contributed by atoms with Gasteiger partial charge in [-0.2, -0.15) is 0 Å². The second kappa shape index (κ2) is 8.71. The predicted octanol–water partition coefficient (Wildman–Crippen LogP) is 4.49. The molecule has 2 atom stereocenters. The average molecular weight is 412 g/mol. The summed E-state index contributed by atoms with van der Waals surface area (Å²) in [5, 5.41) is 4.06. The lowest BCUT2D eigenvalue weighted by molar-refractivity contribution is 0.177. The number of methoxy groups -OCH3 is 1. The first-order valence-corrected chi connectivity index (χ1v) is 9.91. The average Bonchev–Trinajstić information content (AvgIpc) is 3.34. The predicted molar refractivity (Wildman–Crippen MR) is 113 cm³/mol. The summed E-state index contributed by atoms with van der Waals surface area (Å²) in [6, 6.07) is 15.7. The Morgan fingerprint density at radius 1 is 1.17 bits per heavy atom. The lowest BCUT2D eigenvalue weighted by Crippen LogP contribution is -2.31. The molecule has 1 saturated heterocycles. The largest absolute Gasteiger partial charge is 0.459 e. The molecule has 29 heavy (non-hydrogen) atoms. The summed E-state index contributed by atoms with van der Waals surface area (Å²) >= 11 is 5.62. The van der Waals surface area contributed by atoms with Gasteiger partial charge in [0, 0.05) is 32.0 Å². The van der Waals surface area contributed by atoms with Crippen LogP contribution >= 0.6 is 12.2 Å². The monoisotopic (exact) mass is 411 g/mol. The highest BCUT2D eigenvalue weighted by Crippen LogP contribution is 2.40. The number of thiocarbonyl (C=S) groups is 1. The molecule has 0 saturated carbocycles. The lowest BCUT2D eigenvalue weighted by Gasteiger charge is -2.25. The Bertz CT molecular complexity index is 962. The molecule has 0 radical (unpaired) electrons. The summed E-state index contributed by atoms with van der Waals surface area (Å²) in [5.41, 5.74) is 1.72. The second-order valence-electron chi connectivity index (χ2n) is 6.88. The minimum absolute atomic E-state index is 0.126.